The van der Waals surface area contributed by atoms with E-state index in [-0.39, 0.29) is 17.7 Å². The molecule has 2 aromatic carbocycles. The van der Waals surface area contributed by atoms with Gasteiger partial charge in [-0.3, -0.25) is 10.1 Å². The Hall–Kier alpha value is -2.95. The number of benzene rings is 2. The van der Waals surface area contributed by atoms with Gasteiger partial charge >= 0.3 is 5.97 Å². The van der Waals surface area contributed by atoms with Crippen LogP contribution in [0.15, 0.2) is 54.6 Å². The summed E-state index contributed by atoms with van der Waals surface area (Å²) in [4.78, 5) is 12.1. The van der Waals surface area contributed by atoms with Crippen molar-refractivity contribution in [1.82, 2.24) is 9.78 Å². The smallest absolute Gasteiger partial charge is 0.361 e. The number of nitrogens with zero attached hydrogens (tertiary/aromatic N) is 2. The number of carbonyl (C=O) groups is 1. The van der Waals surface area contributed by atoms with Crippen LogP contribution < -0.4 is 5.36 Å². The second-order valence-corrected chi connectivity index (χ2v) is 5.10. The minimum atomic E-state index is -0.565. The quantitative estimate of drug-likeness (QED) is 0.754. The normalized spacial score (nSPS) is 10.7. The first-order valence-electron chi connectivity index (χ1n) is 7.46. The second-order valence-electron chi connectivity index (χ2n) is 5.10. The summed E-state index contributed by atoms with van der Waals surface area (Å²) >= 11 is 0. The topological polar surface area (TPSA) is 68.0 Å². The van der Waals surface area contributed by atoms with Crippen molar-refractivity contribution in [2.75, 3.05) is 6.61 Å². The molecular weight excluding hydrogens is 290 g/mol. The van der Waals surface area contributed by atoms with E-state index in [4.69, 9.17) is 10.1 Å². The lowest BCUT2D eigenvalue weighted by molar-refractivity contribution is 0.0514. The Labute approximate surface area is 133 Å². The molecule has 0 saturated carbocycles. The van der Waals surface area contributed by atoms with Crippen LogP contribution in [0.5, 0.6) is 0 Å². The number of ether oxygens (including phenoxy) is 1. The van der Waals surface area contributed by atoms with E-state index in [1.165, 1.54) is 0 Å². The Balaban J connectivity index is 2.17. The molecule has 3 aromatic rings. The number of hydrogen-bond acceptors (Lipinski definition) is 4. The van der Waals surface area contributed by atoms with Crippen LogP contribution in [-0.4, -0.2) is 22.4 Å². The van der Waals surface area contributed by atoms with Crippen molar-refractivity contribution in [3.63, 3.8) is 0 Å². The molecule has 0 spiro atoms. The van der Waals surface area contributed by atoms with Crippen LogP contribution >= 0.6 is 0 Å². The van der Waals surface area contributed by atoms with Gasteiger partial charge in [0.05, 0.1) is 24.0 Å². The monoisotopic (exact) mass is 307 g/mol. The van der Waals surface area contributed by atoms with Crippen molar-refractivity contribution >= 4 is 16.9 Å². The van der Waals surface area contributed by atoms with Crippen LogP contribution in [0.3, 0.4) is 0 Å². The molecule has 116 valence electrons. The van der Waals surface area contributed by atoms with E-state index < -0.39 is 5.97 Å². The molecule has 0 saturated heterocycles. The maximum atomic E-state index is 12.1. The molecule has 0 amide bonds. The lowest BCUT2D eigenvalue weighted by Crippen LogP contribution is -2.25. The predicted molar refractivity (Wildman–Crippen MR) is 87.1 cm³/mol. The average Bonchev–Trinajstić information content (AvgIpc) is 2.58. The van der Waals surface area contributed by atoms with Crippen LogP contribution in [-0.2, 0) is 11.3 Å². The molecule has 0 bridgehead atoms. The molecule has 1 N–H and O–H groups in total. The number of para-hydroxylation sites is 1. The number of nitrogens with one attached hydrogen (secondary N) is 1. The van der Waals surface area contributed by atoms with Gasteiger partial charge in [0.25, 0.3) is 0 Å². The highest BCUT2D eigenvalue weighted by molar-refractivity contribution is 5.91. The summed E-state index contributed by atoms with van der Waals surface area (Å²) in [5.74, 6) is -0.565. The van der Waals surface area contributed by atoms with E-state index in [2.05, 4.69) is 5.10 Å². The Bertz CT molecular complexity index is 901. The molecule has 23 heavy (non-hydrogen) atoms. The molecule has 0 aliphatic rings. The zero-order valence-corrected chi connectivity index (χ0v) is 12.8. The first-order valence-corrected chi connectivity index (χ1v) is 7.46. The van der Waals surface area contributed by atoms with Gasteiger partial charge in [0.1, 0.15) is 0 Å². The maximum Gasteiger partial charge on any atom is 0.361 e. The molecule has 0 atom stereocenters. The van der Waals surface area contributed by atoms with Crippen molar-refractivity contribution in [2.24, 2.45) is 0 Å². The molecule has 0 aliphatic heterocycles. The van der Waals surface area contributed by atoms with Crippen LogP contribution in [0.1, 0.15) is 23.0 Å². The van der Waals surface area contributed by atoms with Crippen LogP contribution in [0.4, 0.5) is 0 Å². The minimum Gasteiger partial charge on any atom is -0.461 e. The summed E-state index contributed by atoms with van der Waals surface area (Å²) in [7, 11) is 0. The zero-order chi connectivity index (χ0) is 16.2. The zero-order valence-electron chi connectivity index (χ0n) is 12.8. The van der Waals surface area contributed by atoms with E-state index in [0.29, 0.717) is 11.9 Å². The molecule has 5 nitrogen and oxygen atoms in total. The molecule has 1 heterocycles. The van der Waals surface area contributed by atoms with Crippen molar-refractivity contribution in [3.8, 4) is 0 Å². The van der Waals surface area contributed by atoms with Gasteiger partial charge in [0, 0.05) is 5.39 Å². The molecular formula is C18H17N3O2. The van der Waals surface area contributed by atoms with Crippen molar-refractivity contribution in [1.29, 1.82) is 5.41 Å². The second kappa shape index (κ2) is 6.44. The highest BCUT2D eigenvalue weighted by Crippen LogP contribution is 2.12. The van der Waals surface area contributed by atoms with Crippen molar-refractivity contribution < 1.29 is 9.53 Å². The first kappa shape index (κ1) is 15.0. The van der Waals surface area contributed by atoms with E-state index in [1.54, 1.807) is 11.6 Å². The molecule has 3 rings (SSSR count). The van der Waals surface area contributed by atoms with E-state index >= 15 is 0 Å². The molecule has 1 aromatic heterocycles. The Morgan fingerprint density at radius 1 is 1.13 bits per heavy atom. The fourth-order valence-corrected chi connectivity index (χ4v) is 2.48. The van der Waals surface area contributed by atoms with Gasteiger partial charge in [-0.25, -0.2) is 4.79 Å². The van der Waals surface area contributed by atoms with Gasteiger partial charge in [0.2, 0.25) is 0 Å². The van der Waals surface area contributed by atoms with E-state index in [9.17, 15) is 4.79 Å². The van der Waals surface area contributed by atoms with Crippen molar-refractivity contribution in [2.45, 2.75) is 13.5 Å². The van der Waals surface area contributed by atoms with Crippen LogP contribution in [0.2, 0.25) is 0 Å². The third kappa shape index (κ3) is 2.99. The third-order valence-electron chi connectivity index (χ3n) is 3.55. The summed E-state index contributed by atoms with van der Waals surface area (Å²) < 4.78 is 6.77. The molecule has 0 unspecified atom stereocenters. The fourth-order valence-electron chi connectivity index (χ4n) is 2.48. The Morgan fingerprint density at radius 2 is 1.83 bits per heavy atom. The number of aromatic nitrogens is 2. The molecule has 0 aliphatic carbocycles. The SMILES string of the molecule is CCOC(=O)c1nn(Cc2ccccc2)c2ccccc2c1=N. The van der Waals surface area contributed by atoms with Crippen LogP contribution in [0, 0.1) is 5.41 Å². The summed E-state index contributed by atoms with van der Waals surface area (Å²) in [5, 5.41) is 13.4. The molecule has 0 fully saturated rings. The first-order chi connectivity index (χ1) is 11.2. The largest absolute Gasteiger partial charge is 0.461 e. The van der Waals surface area contributed by atoms with Gasteiger partial charge < -0.3 is 4.74 Å². The highest BCUT2D eigenvalue weighted by Gasteiger charge is 2.16. The number of hydrogen-bond donors (Lipinski definition) is 1. The standard InChI is InChI=1S/C18H17N3O2/c1-2-23-18(22)17-16(19)14-10-6-7-11-15(14)21(20-17)12-13-8-4-3-5-9-13/h3-11,19H,2,12H2,1H3. The van der Waals surface area contributed by atoms with Gasteiger partial charge in [0.15, 0.2) is 5.69 Å². The van der Waals surface area contributed by atoms with Crippen LogP contribution in [0.25, 0.3) is 10.9 Å². The van der Waals surface area contributed by atoms with Gasteiger partial charge in [-0.1, -0.05) is 48.5 Å². The highest BCUT2D eigenvalue weighted by atomic mass is 16.5. The number of esters is 1. The number of rotatable bonds is 4. The number of carbonyl (C=O) groups excluding carboxylic acids is 1. The van der Waals surface area contributed by atoms with Gasteiger partial charge in [-0.15, -0.1) is 0 Å². The molecule has 5 heteroatoms. The summed E-state index contributed by atoms with van der Waals surface area (Å²) in [5.41, 5.74) is 1.93. The van der Waals surface area contributed by atoms with E-state index in [0.717, 1.165) is 11.1 Å². The van der Waals surface area contributed by atoms with Gasteiger partial charge in [-0.2, -0.15) is 5.10 Å². The lowest BCUT2D eigenvalue weighted by atomic mass is 10.1. The average molecular weight is 307 g/mol. The summed E-state index contributed by atoms with van der Waals surface area (Å²) in [6.45, 7) is 2.51. The number of fused-ring (bicyclic) bond motifs is 1. The summed E-state index contributed by atoms with van der Waals surface area (Å²) in [6, 6.07) is 17.4. The van der Waals surface area contributed by atoms with Crippen molar-refractivity contribution in [3.05, 3.63) is 71.2 Å². The molecule has 0 radical (unpaired) electrons. The van der Waals surface area contributed by atoms with E-state index in [1.807, 2.05) is 54.6 Å². The Kier molecular flexibility index (Phi) is 4.19. The van der Waals surface area contributed by atoms with Gasteiger partial charge in [-0.05, 0) is 18.6 Å². The minimum absolute atomic E-state index is 0.0430. The Morgan fingerprint density at radius 3 is 2.57 bits per heavy atom. The lowest BCUT2D eigenvalue weighted by Gasteiger charge is -2.12. The predicted octanol–water partition coefficient (Wildman–Crippen LogP) is 2.74. The third-order valence-corrected chi connectivity index (χ3v) is 3.55. The fraction of sp³-hybridized carbons (Fsp3) is 0.167. The summed E-state index contributed by atoms with van der Waals surface area (Å²) in [6.07, 6.45) is 0. The maximum absolute atomic E-state index is 12.1.